The molecule has 0 spiro atoms. The Bertz CT molecular complexity index is 523. The van der Waals surface area contributed by atoms with E-state index >= 15 is 0 Å². The minimum absolute atomic E-state index is 0.0778. The zero-order chi connectivity index (χ0) is 9.42. The first-order valence-corrected chi connectivity index (χ1v) is 3.89. The van der Waals surface area contributed by atoms with Crippen molar-refractivity contribution in [3.8, 4) is 0 Å². The summed E-state index contributed by atoms with van der Waals surface area (Å²) in [6, 6.07) is 2.86. The zero-order valence-electron chi connectivity index (χ0n) is 6.34. The summed E-state index contributed by atoms with van der Waals surface area (Å²) in [7, 11) is 0. The van der Waals surface area contributed by atoms with Gasteiger partial charge in [-0.1, -0.05) is 11.6 Å². The molecule has 2 rings (SSSR count). The molecule has 1 heterocycles. The van der Waals surface area contributed by atoms with Crippen molar-refractivity contribution in [2.75, 3.05) is 0 Å². The van der Waals surface area contributed by atoms with Crippen molar-refractivity contribution in [1.82, 2.24) is 9.97 Å². The number of hydrogen-bond acceptors (Lipinski definition) is 2. The van der Waals surface area contributed by atoms with E-state index in [9.17, 15) is 9.18 Å². The molecule has 0 saturated heterocycles. The second-order valence-electron chi connectivity index (χ2n) is 2.49. The summed E-state index contributed by atoms with van der Waals surface area (Å²) >= 11 is 5.50. The van der Waals surface area contributed by atoms with Crippen LogP contribution in [0.5, 0.6) is 0 Å². The average molecular weight is 199 g/mol. The van der Waals surface area contributed by atoms with Crippen molar-refractivity contribution in [2.24, 2.45) is 0 Å². The summed E-state index contributed by atoms with van der Waals surface area (Å²) in [6.45, 7) is 0. The molecule has 1 N–H and O–H groups in total. The SMILES string of the molecule is O=c1[nH]cnc2ccc(Cl)c(F)c12. The highest BCUT2D eigenvalue weighted by molar-refractivity contribution is 6.31. The maximum absolute atomic E-state index is 13.3. The van der Waals surface area contributed by atoms with Gasteiger partial charge in [-0.15, -0.1) is 0 Å². The van der Waals surface area contributed by atoms with Crippen LogP contribution in [-0.2, 0) is 0 Å². The lowest BCUT2D eigenvalue weighted by atomic mass is 10.2. The third-order valence-corrected chi connectivity index (χ3v) is 1.99. The lowest BCUT2D eigenvalue weighted by Gasteiger charge is -1.97. The van der Waals surface area contributed by atoms with Gasteiger partial charge in [0.2, 0.25) is 0 Å². The van der Waals surface area contributed by atoms with Gasteiger partial charge in [-0.05, 0) is 12.1 Å². The Balaban J connectivity index is 3.06. The van der Waals surface area contributed by atoms with Crippen molar-refractivity contribution in [2.45, 2.75) is 0 Å². The van der Waals surface area contributed by atoms with Gasteiger partial charge < -0.3 is 4.98 Å². The van der Waals surface area contributed by atoms with Crippen LogP contribution in [0.2, 0.25) is 5.02 Å². The van der Waals surface area contributed by atoms with E-state index in [1.165, 1.54) is 18.5 Å². The van der Waals surface area contributed by atoms with Crippen molar-refractivity contribution in [1.29, 1.82) is 0 Å². The lowest BCUT2D eigenvalue weighted by molar-refractivity contribution is 0.638. The summed E-state index contributed by atoms with van der Waals surface area (Å²) < 4.78 is 13.3. The molecule has 0 fully saturated rings. The van der Waals surface area contributed by atoms with Gasteiger partial charge in [-0.25, -0.2) is 9.37 Å². The molecule has 0 radical (unpaired) electrons. The fourth-order valence-corrected chi connectivity index (χ4v) is 1.25. The van der Waals surface area contributed by atoms with Crippen molar-refractivity contribution in [3.63, 3.8) is 0 Å². The summed E-state index contributed by atoms with van der Waals surface area (Å²) in [5, 5.41) is -0.180. The maximum Gasteiger partial charge on any atom is 0.261 e. The minimum Gasteiger partial charge on any atom is -0.313 e. The Morgan fingerprint density at radius 1 is 1.46 bits per heavy atom. The van der Waals surface area contributed by atoms with Crippen LogP contribution in [0.15, 0.2) is 23.3 Å². The van der Waals surface area contributed by atoms with Crippen LogP contribution in [0, 0.1) is 5.82 Å². The Morgan fingerprint density at radius 2 is 2.23 bits per heavy atom. The standard InChI is InChI=1S/C8H4ClFN2O/c9-4-1-2-5-6(7(4)10)8(13)12-3-11-5/h1-3H,(H,11,12,13). The molecule has 0 bridgehead atoms. The maximum atomic E-state index is 13.3. The van der Waals surface area contributed by atoms with Gasteiger partial charge >= 0.3 is 0 Å². The van der Waals surface area contributed by atoms with E-state index in [-0.39, 0.29) is 10.4 Å². The fourth-order valence-electron chi connectivity index (χ4n) is 1.10. The molecule has 66 valence electrons. The number of nitrogens with zero attached hydrogens (tertiary/aromatic N) is 1. The molecule has 0 aliphatic carbocycles. The largest absolute Gasteiger partial charge is 0.313 e. The number of hydrogen-bond donors (Lipinski definition) is 1. The molecule has 5 heteroatoms. The average Bonchev–Trinajstić information content (AvgIpc) is 2.12. The number of H-pyrrole nitrogens is 1. The smallest absolute Gasteiger partial charge is 0.261 e. The van der Waals surface area contributed by atoms with E-state index in [1.54, 1.807) is 0 Å². The van der Waals surface area contributed by atoms with Crippen LogP contribution < -0.4 is 5.56 Å². The van der Waals surface area contributed by atoms with Crippen molar-refractivity contribution < 1.29 is 4.39 Å². The zero-order valence-corrected chi connectivity index (χ0v) is 7.10. The second-order valence-corrected chi connectivity index (χ2v) is 2.89. The molecule has 0 aliphatic heterocycles. The number of fused-ring (bicyclic) bond motifs is 1. The summed E-state index contributed by atoms with van der Waals surface area (Å²) in [5.74, 6) is -0.728. The summed E-state index contributed by atoms with van der Waals surface area (Å²) in [6.07, 6.45) is 1.22. The van der Waals surface area contributed by atoms with Crippen LogP contribution in [0.1, 0.15) is 0 Å². The quantitative estimate of drug-likeness (QED) is 0.701. The molecule has 1 aromatic carbocycles. The molecule has 0 unspecified atom stereocenters. The Hall–Kier alpha value is -1.42. The van der Waals surface area contributed by atoms with Gasteiger partial charge in [0.15, 0.2) is 5.82 Å². The van der Waals surface area contributed by atoms with Gasteiger partial charge in [0.1, 0.15) is 5.39 Å². The van der Waals surface area contributed by atoms with Crippen LogP contribution >= 0.6 is 11.6 Å². The van der Waals surface area contributed by atoms with E-state index in [2.05, 4.69) is 9.97 Å². The van der Waals surface area contributed by atoms with Crippen LogP contribution in [0.3, 0.4) is 0 Å². The van der Waals surface area contributed by atoms with E-state index in [1.807, 2.05) is 0 Å². The molecule has 1 aromatic heterocycles. The van der Waals surface area contributed by atoms with Gasteiger partial charge in [-0.3, -0.25) is 4.79 Å². The number of aromatic amines is 1. The van der Waals surface area contributed by atoms with Gasteiger partial charge in [0.25, 0.3) is 5.56 Å². The predicted molar refractivity (Wildman–Crippen MR) is 47.3 cm³/mol. The second kappa shape index (κ2) is 2.81. The number of halogens is 2. The Morgan fingerprint density at radius 3 is 3.00 bits per heavy atom. The highest BCUT2D eigenvalue weighted by atomic mass is 35.5. The Kier molecular flexibility index (Phi) is 1.77. The third-order valence-electron chi connectivity index (χ3n) is 1.70. The van der Waals surface area contributed by atoms with E-state index < -0.39 is 11.4 Å². The normalized spacial score (nSPS) is 10.6. The first-order valence-electron chi connectivity index (χ1n) is 3.51. The molecular weight excluding hydrogens is 195 g/mol. The topological polar surface area (TPSA) is 45.8 Å². The first kappa shape index (κ1) is 8.19. The van der Waals surface area contributed by atoms with E-state index in [0.717, 1.165) is 0 Å². The first-order chi connectivity index (χ1) is 6.20. The molecule has 0 aliphatic rings. The van der Waals surface area contributed by atoms with E-state index in [4.69, 9.17) is 11.6 Å². The summed E-state index contributed by atoms with van der Waals surface area (Å²) in [5.41, 5.74) is -0.226. The predicted octanol–water partition coefficient (Wildman–Crippen LogP) is 1.72. The molecular formula is C8H4ClFN2O. The van der Waals surface area contributed by atoms with Crippen LogP contribution in [0.25, 0.3) is 10.9 Å². The fraction of sp³-hybridized carbons (Fsp3) is 0. The third kappa shape index (κ3) is 1.19. The number of benzene rings is 1. The number of aromatic nitrogens is 2. The minimum atomic E-state index is -0.728. The monoisotopic (exact) mass is 198 g/mol. The molecule has 0 saturated carbocycles. The van der Waals surface area contributed by atoms with Crippen LogP contribution in [0.4, 0.5) is 4.39 Å². The lowest BCUT2D eigenvalue weighted by Crippen LogP contribution is -2.08. The van der Waals surface area contributed by atoms with Crippen LogP contribution in [-0.4, -0.2) is 9.97 Å². The van der Waals surface area contributed by atoms with Crippen molar-refractivity contribution >= 4 is 22.5 Å². The molecule has 13 heavy (non-hydrogen) atoms. The summed E-state index contributed by atoms with van der Waals surface area (Å²) in [4.78, 5) is 17.2. The number of rotatable bonds is 0. The highest BCUT2D eigenvalue weighted by Crippen LogP contribution is 2.19. The van der Waals surface area contributed by atoms with Gasteiger partial charge in [-0.2, -0.15) is 0 Å². The molecule has 3 nitrogen and oxygen atoms in total. The molecule has 0 atom stereocenters. The molecule has 0 amide bonds. The van der Waals surface area contributed by atoms with Gasteiger partial charge in [0.05, 0.1) is 16.9 Å². The van der Waals surface area contributed by atoms with Crippen molar-refractivity contribution in [3.05, 3.63) is 39.7 Å². The molecule has 2 aromatic rings. The van der Waals surface area contributed by atoms with E-state index in [0.29, 0.717) is 5.52 Å². The highest BCUT2D eigenvalue weighted by Gasteiger charge is 2.08. The number of nitrogens with one attached hydrogen (secondary N) is 1. The van der Waals surface area contributed by atoms with Gasteiger partial charge in [0, 0.05) is 0 Å². The Labute approximate surface area is 77.2 Å².